The van der Waals surface area contributed by atoms with Crippen LogP contribution in [0.1, 0.15) is 0 Å². The molecule has 0 aromatic heterocycles. The summed E-state index contributed by atoms with van der Waals surface area (Å²) in [6.07, 6.45) is 2.89. The monoisotopic (exact) mass is 227 g/mol. The molecule has 1 aliphatic heterocycles. The van der Waals surface area contributed by atoms with Crippen molar-refractivity contribution < 1.29 is 0 Å². The van der Waals surface area contributed by atoms with Gasteiger partial charge in [-0.3, -0.25) is 0 Å². The number of nitrogens with zero attached hydrogens (tertiary/aromatic N) is 3. The van der Waals surface area contributed by atoms with Crippen LogP contribution in [-0.4, -0.2) is 6.17 Å². The fourth-order valence-corrected chi connectivity index (χ4v) is 1.15. The van der Waals surface area contributed by atoms with E-state index in [4.69, 9.17) is 11.1 Å². The molecule has 0 radical (unpaired) electrons. The van der Waals surface area contributed by atoms with Gasteiger partial charge in [-0.25, -0.2) is 0 Å². The smallest absolute Gasteiger partial charge is 0.177 e. The van der Waals surface area contributed by atoms with E-state index < -0.39 is 6.17 Å². The Balaban J connectivity index is 2.86. The minimum atomic E-state index is -0.457. The third kappa shape index (κ3) is 1.83. The second-order valence-electron chi connectivity index (χ2n) is 2.04. The summed E-state index contributed by atoms with van der Waals surface area (Å²) in [4.78, 5) is 0. The predicted molar refractivity (Wildman–Crippen MR) is 46.7 cm³/mol. The highest BCUT2D eigenvalue weighted by Gasteiger charge is 2.15. The molecule has 0 spiro atoms. The summed E-state index contributed by atoms with van der Waals surface area (Å²) >= 11 is 3.22. The Morgan fingerprint density at radius 1 is 1.75 bits per heavy atom. The van der Waals surface area contributed by atoms with Crippen molar-refractivity contribution in [2.75, 3.05) is 0 Å². The molecule has 0 aliphatic carbocycles. The molecule has 5 nitrogen and oxygen atoms in total. The topological polar surface area (TPSA) is 86.6 Å². The summed E-state index contributed by atoms with van der Waals surface area (Å²) in [5.74, 6) is 4.86. The van der Waals surface area contributed by atoms with Crippen molar-refractivity contribution in [2.45, 2.75) is 6.17 Å². The van der Waals surface area contributed by atoms with Crippen molar-refractivity contribution >= 4 is 15.9 Å². The lowest BCUT2D eigenvalue weighted by molar-refractivity contribution is 0.656. The molecule has 0 saturated carbocycles. The minimum absolute atomic E-state index is 0.457. The van der Waals surface area contributed by atoms with E-state index in [1.54, 1.807) is 12.3 Å². The lowest BCUT2D eigenvalue weighted by atomic mass is 10.2. The molecule has 0 fully saturated rings. The van der Waals surface area contributed by atoms with Gasteiger partial charge in [0.2, 0.25) is 0 Å². The van der Waals surface area contributed by atoms with Crippen molar-refractivity contribution in [3.8, 4) is 6.07 Å². The molecule has 0 aromatic rings. The first kappa shape index (κ1) is 8.74. The molecule has 0 saturated heterocycles. The number of hydrogen-bond acceptors (Lipinski definition) is 4. The molecule has 1 heterocycles. The first-order valence-corrected chi connectivity index (χ1v) is 3.90. The third-order valence-electron chi connectivity index (χ3n) is 1.28. The van der Waals surface area contributed by atoms with Gasteiger partial charge in [0.15, 0.2) is 6.17 Å². The SMILES string of the molecule is N#CC1=CC(Br)=CNC1N=NN. The lowest BCUT2D eigenvalue weighted by Gasteiger charge is -2.13. The molecule has 3 N–H and O–H groups in total. The molecule has 0 aromatic carbocycles. The van der Waals surface area contributed by atoms with Gasteiger partial charge in [-0.05, 0) is 22.0 Å². The van der Waals surface area contributed by atoms with Crippen molar-refractivity contribution in [3.63, 3.8) is 0 Å². The number of nitriles is 1. The van der Waals surface area contributed by atoms with Crippen molar-refractivity contribution in [1.29, 1.82) is 5.26 Å². The summed E-state index contributed by atoms with van der Waals surface area (Å²) < 4.78 is 0.794. The number of allylic oxidation sites excluding steroid dienone is 2. The van der Waals surface area contributed by atoms with Crippen molar-refractivity contribution in [2.24, 2.45) is 16.2 Å². The average Bonchev–Trinajstić information content (AvgIpc) is 2.08. The minimum Gasteiger partial charge on any atom is -0.363 e. The van der Waals surface area contributed by atoms with Gasteiger partial charge in [-0.15, -0.1) is 5.11 Å². The largest absolute Gasteiger partial charge is 0.363 e. The van der Waals surface area contributed by atoms with E-state index in [1.165, 1.54) is 0 Å². The highest BCUT2D eigenvalue weighted by Crippen LogP contribution is 2.16. The second kappa shape index (κ2) is 3.88. The summed E-state index contributed by atoms with van der Waals surface area (Å²) in [5.41, 5.74) is 0.471. The summed E-state index contributed by atoms with van der Waals surface area (Å²) in [6.45, 7) is 0. The number of nitrogens with two attached hydrogens (primary N) is 1. The van der Waals surface area contributed by atoms with Crippen LogP contribution in [0.5, 0.6) is 0 Å². The van der Waals surface area contributed by atoms with E-state index in [-0.39, 0.29) is 0 Å². The van der Waals surface area contributed by atoms with Gasteiger partial charge in [0.05, 0.1) is 11.6 Å². The standard InChI is InChI=1S/C6H6BrN5/c7-5-1-4(2-8)6(10-3-5)11-12-9/h1,3,6,10H,(H2,9,11). The Hall–Kier alpha value is -1.35. The average molecular weight is 228 g/mol. The van der Waals surface area contributed by atoms with Crippen molar-refractivity contribution in [3.05, 3.63) is 22.3 Å². The van der Waals surface area contributed by atoms with Gasteiger partial charge in [0.1, 0.15) is 0 Å². The molecule has 6 heteroatoms. The zero-order valence-electron chi connectivity index (χ0n) is 6.03. The first-order chi connectivity index (χ1) is 5.77. The Kier molecular flexibility index (Phi) is 2.82. The highest BCUT2D eigenvalue weighted by molar-refractivity contribution is 9.11. The Bertz CT molecular complexity index is 298. The quantitative estimate of drug-likeness (QED) is 0.397. The Labute approximate surface area is 77.7 Å². The molecule has 62 valence electrons. The molecule has 12 heavy (non-hydrogen) atoms. The van der Waals surface area contributed by atoms with Crippen LogP contribution >= 0.6 is 15.9 Å². The summed E-state index contributed by atoms with van der Waals surface area (Å²) in [7, 11) is 0. The predicted octanol–water partition coefficient (Wildman–Crippen LogP) is 0.928. The fourth-order valence-electron chi connectivity index (χ4n) is 0.773. The summed E-state index contributed by atoms with van der Waals surface area (Å²) in [5, 5.41) is 18.2. The van der Waals surface area contributed by atoms with E-state index in [2.05, 4.69) is 31.6 Å². The number of nitrogens with one attached hydrogen (secondary N) is 1. The van der Waals surface area contributed by atoms with Crippen LogP contribution < -0.4 is 11.2 Å². The van der Waals surface area contributed by atoms with E-state index in [0.29, 0.717) is 5.57 Å². The molecule has 0 amide bonds. The lowest BCUT2D eigenvalue weighted by Crippen LogP contribution is -2.26. The molecule has 1 rings (SSSR count). The summed E-state index contributed by atoms with van der Waals surface area (Å²) in [6, 6.07) is 1.99. The Morgan fingerprint density at radius 3 is 3.08 bits per heavy atom. The second-order valence-corrected chi connectivity index (χ2v) is 2.96. The molecule has 1 atom stereocenters. The van der Waals surface area contributed by atoms with Crippen LogP contribution in [-0.2, 0) is 0 Å². The maximum atomic E-state index is 8.66. The maximum absolute atomic E-state index is 8.66. The van der Waals surface area contributed by atoms with Gasteiger partial charge in [-0.1, -0.05) is 5.22 Å². The van der Waals surface area contributed by atoms with Gasteiger partial charge >= 0.3 is 0 Å². The Morgan fingerprint density at radius 2 is 2.50 bits per heavy atom. The van der Waals surface area contributed by atoms with Crippen LogP contribution in [0.3, 0.4) is 0 Å². The van der Waals surface area contributed by atoms with Crippen LogP contribution in [0, 0.1) is 11.3 Å². The normalized spacial score (nSPS) is 22.5. The number of rotatable bonds is 1. The zero-order chi connectivity index (χ0) is 8.97. The molecular weight excluding hydrogens is 222 g/mol. The van der Waals surface area contributed by atoms with Gasteiger partial charge < -0.3 is 11.2 Å². The van der Waals surface area contributed by atoms with Crippen LogP contribution in [0.15, 0.2) is 32.7 Å². The van der Waals surface area contributed by atoms with Crippen molar-refractivity contribution in [1.82, 2.24) is 5.32 Å². The van der Waals surface area contributed by atoms with Crippen LogP contribution in [0.4, 0.5) is 0 Å². The third-order valence-corrected chi connectivity index (χ3v) is 1.74. The maximum Gasteiger partial charge on any atom is 0.177 e. The van der Waals surface area contributed by atoms with Crippen LogP contribution in [0.25, 0.3) is 0 Å². The number of halogens is 1. The molecule has 1 unspecified atom stereocenters. The fraction of sp³-hybridized carbons (Fsp3) is 0.167. The van der Waals surface area contributed by atoms with E-state index in [1.807, 2.05) is 6.07 Å². The molecular formula is C6H6BrN5. The van der Waals surface area contributed by atoms with E-state index in [0.717, 1.165) is 4.48 Å². The van der Waals surface area contributed by atoms with Gasteiger partial charge in [0.25, 0.3) is 0 Å². The number of hydrogen-bond donors (Lipinski definition) is 2. The molecule has 0 bridgehead atoms. The highest BCUT2D eigenvalue weighted by atomic mass is 79.9. The molecule has 1 aliphatic rings. The van der Waals surface area contributed by atoms with E-state index >= 15 is 0 Å². The van der Waals surface area contributed by atoms with Gasteiger partial charge in [-0.2, -0.15) is 5.26 Å². The van der Waals surface area contributed by atoms with Gasteiger partial charge in [0, 0.05) is 10.7 Å². The zero-order valence-corrected chi connectivity index (χ0v) is 7.62. The van der Waals surface area contributed by atoms with Crippen LogP contribution in [0.2, 0.25) is 0 Å². The first-order valence-electron chi connectivity index (χ1n) is 3.11. The van der Waals surface area contributed by atoms with E-state index in [9.17, 15) is 0 Å². The number of dihydropyridines is 1.